The molecule has 0 aromatic carbocycles. The van der Waals surface area contributed by atoms with Crippen molar-refractivity contribution >= 4 is 73.7 Å². The molecule has 0 atom stereocenters. The molecule has 0 aliphatic carbocycles. The Labute approximate surface area is 107 Å². The van der Waals surface area contributed by atoms with Crippen molar-refractivity contribution in [1.29, 1.82) is 0 Å². The molecule has 0 aromatic rings. The molecule has 0 unspecified atom stereocenters. The molecule has 2 nitrogen and oxygen atoms in total. The van der Waals surface area contributed by atoms with E-state index in [9.17, 15) is 4.79 Å². The number of carbonyl (C=O) groups is 1. The van der Waals surface area contributed by atoms with Gasteiger partial charge in [-0.15, -0.1) is 0 Å². The van der Waals surface area contributed by atoms with Crippen molar-refractivity contribution < 1.29 is 29.4 Å². The Balaban J connectivity index is 0. The van der Waals surface area contributed by atoms with Crippen LogP contribution in [0.2, 0.25) is 0 Å². The Kier molecular flexibility index (Phi) is 9.04. The van der Waals surface area contributed by atoms with Gasteiger partial charge in [-0.1, -0.05) is 67.8 Å². The van der Waals surface area contributed by atoms with Crippen LogP contribution in [0.1, 0.15) is 6.42 Å². The number of aliphatic carboxylic acids is 1. The summed E-state index contributed by atoms with van der Waals surface area (Å²) in [6, 6.07) is 0. The molecule has 0 fully saturated rings. The zero-order valence-corrected chi connectivity index (χ0v) is 13.8. The first-order valence-corrected chi connectivity index (χ1v) is 4.94. The second-order valence-electron chi connectivity index (χ2n) is 1.19. The van der Waals surface area contributed by atoms with Crippen molar-refractivity contribution in [3.05, 3.63) is 0 Å². The summed E-state index contributed by atoms with van der Waals surface area (Å²) in [5, 5.41) is 8.23. The molecule has 0 spiro atoms. The summed E-state index contributed by atoms with van der Waals surface area (Å²) in [7, 11) is 0. The van der Waals surface area contributed by atoms with Gasteiger partial charge in [-0.25, -0.2) is 0 Å². The van der Waals surface area contributed by atoms with Gasteiger partial charge in [-0.2, -0.15) is 0 Å². The smallest absolute Gasteiger partial charge is 0.306 e. The molecular weight excluding hydrogens is 514 g/mol. The Bertz CT molecular complexity index is 99.7. The van der Waals surface area contributed by atoms with Crippen molar-refractivity contribution in [2.24, 2.45) is 0 Å². The third-order valence-corrected chi connectivity index (χ3v) is 1.50. The monoisotopic (exact) mass is 516 g/mol. The van der Waals surface area contributed by atoms with Crippen LogP contribution in [0.3, 0.4) is 0 Å². The number of carboxylic acid groups (broad SMARTS) is 1. The molecule has 0 radical (unpaired) electrons. The molecule has 6 heteroatoms. The standard InChI is InChI=1S/C3H3I3O2.Zn/c4-3(5,6)1-2(7)8;/h1H2,(H,7,8);. The van der Waals surface area contributed by atoms with Crippen LogP contribution in [-0.2, 0) is 24.3 Å². The van der Waals surface area contributed by atoms with Crippen molar-refractivity contribution in [1.82, 2.24) is 0 Å². The molecule has 50 valence electrons. The van der Waals surface area contributed by atoms with E-state index in [1.165, 1.54) is 0 Å². The number of carboxylic acids is 1. The van der Waals surface area contributed by atoms with Crippen LogP contribution >= 0.6 is 67.8 Å². The third kappa shape index (κ3) is 13.3. The summed E-state index contributed by atoms with van der Waals surface area (Å²) in [6.07, 6.45) is 0.203. The van der Waals surface area contributed by atoms with E-state index in [0.29, 0.717) is 0 Å². The molecule has 0 amide bonds. The summed E-state index contributed by atoms with van der Waals surface area (Å²) in [5.74, 6) is -0.747. The average Bonchev–Trinajstić information content (AvgIpc) is 1.21. The van der Waals surface area contributed by atoms with Crippen LogP contribution in [-0.4, -0.2) is 10.5 Å². The molecule has 0 bridgehead atoms. The van der Waals surface area contributed by atoms with E-state index >= 15 is 0 Å². The molecule has 0 heterocycles. The van der Waals surface area contributed by atoms with Crippen LogP contribution in [0.4, 0.5) is 0 Å². The van der Waals surface area contributed by atoms with Gasteiger partial charge in [0.25, 0.3) is 0 Å². The maximum atomic E-state index is 10.0. The normalized spacial score (nSPS) is 10.1. The zero-order chi connectivity index (χ0) is 6.78. The summed E-state index contributed by atoms with van der Waals surface area (Å²) in [5.41, 5.74) is 0. The van der Waals surface area contributed by atoms with E-state index in [0.717, 1.165) is 0 Å². The second kappa shape index (κ2) is 5.87. The number of rotatable bonds is 2. The fraction of sp³-hybridized carbons (Fsp3) is 0.667. The van der Waals surface area contributed by atoms with Gasteiger partial charge in [0, 0.05) is 19.5 Å². The number of alkyl halides is 3. The molecule has 0 saturated heterocycles. The molecule has 0 rings (SSSR count). The molecular formula is C3H3I3O2Zn. The van der Waals surface area contributed by atoms with Gasteiger partial charge in [0.05, 0.1) is 6.42 Å². The minimum absolute atomic E-state index is 0. The Hall–Kier alpha value is 2.28. The number of hydrogen-bond donors (Lipinski definition) is 1. The third-order valence-electron chi connectivity index (χ3n) is 0.352. The fourth-order valence-electron chi connectivity index (χ4n) is 0.171. The minimum Gasteiger partial charge on any atom is -0.481 e. The number of halogens is 3. The van der Waals surface area contributed by atoms with Crippen LogP contribution < -0.4 is 0 Å². The van der Waals surface area contributed by atoms with E-state index < -0.39 is 5.97 Å². The Morgan fingerprint density at radius 3 is 1.78 bits per heavy atom. The first-order valence-electron chi connectivity index (χ1n) is 1.70. The molecule has 0 aliphatic heterocycles. The van der Waals surface area contributed by atoms with Crippen LogP contribution in [0.5, 0.6) is 0 Å². The van der Waals surface area contributed by atoms with Crippen LogP contribution in [0, 0.1) is 0 Å². The maximum Gasteiger partial charge on any atom is 0.306 e. The summed E-state index contributed by atoms with van der Waals surface area (Å²) in [6.45, 7) is 0. The predicted octanol–water partition coefficient (Wildman–Crippen LogP) is 2.42. The molecule has 1 N–H and O–H groups in total. The van der Waals surface area contributed by atoms with E-state index in [-0.39, 0.29) is 25.3 Å². The average molecular weight is 517 g/mol. The van der Waals surface area contributed by atoms with Gasteiger partial charge >= 0.3 is 5.97 Å². The zero-order valence-electron chi connectivity index (χ0n) is 4.40. The Morgan fingerprint density at radius 2 is 1.78 bits per heavy atom. The van der Waals surface area contributed by atoms with Gasteiger partial charge < -0.3 is 5.11 Å². The largest absolute Gasteiger partial charge is 0.481 e. The van der Waals surface area contributed by atoms with Crippen molar-refractivity contribution in [3.63, 3.8) is 0 Å². The molecule has 0 saturated carbocycles. The SMILES string of the molecule is O=C(O)CC(I)(I)I.[Zn]. The van der Waals surface area contributed by atoms with Gasteiger partial charge in [-0.3, -0.25) is 4.79 Å². The van der Waals surface area contributed by atoms with Crippen molar-refractivity contribution in [2.75, 3.05) is 0 Å². The summed E-state index contributed by atoms with van der Waals surface area (Å²) >= 11 is 6.25. The van der Waals surface area contributed by atoms with Gasteiger partial charge in [0.15, 0.2) is 0 Å². The van der Waals surface area contributed by atoms with Crippen molar-refractivity contribution in [2.45, 2.75) is 5.86 Å². The van der Waals surface area contributed by atoms with Crippen LogP contribution in [0.15, 0.2) is 0 Å². The quantitative estimate of drug-likeness (QED) is 0.348. The summed E-state index contributed by atoms with van der Waals surface area (Å²) in [4.78, 5) is 10.0. The predicted molar refractivity (Wildman–Crippen MR) is 57.0 cm³/mol. The van der Waals surface area contributed by atoms with E-state index in [2.05, 4.69) is 67.8 Å². The second-order valence-corrected chi connectivity index (χ2v) is 12.9. The van der Waals surface area contributed by atoms with Gasteiger partial charge in [0.2, 0.25) is 0 Å². The first-order chi connectivity index (χ1) is 3.42. The van der Waals surface area contributed by atoms with E-state index in [1.807, 2.05) is 0 Å². The van der Waals surface area contributed by atoms with Gasteiger partial charge in [0.1, 0.15) is -0.565 Å². The van der Waals surface area contributed by atoms with E-state index in [4.69, 9.17) is 5.11 Å². The molecule has 0 aliphatic rings. The molecule has 0 aromatic heterocycles. The number of hydrogen-bond acceptors (Lipinski definition) is 1. The van der Waals surface area contributed by atoms with E-state index in [1.54, 1.807) is 0 Å². The summed E-state index contributed by atoms with van der Waals surface area (Å²) < 4.78 is -0.168. The van der Waals surface area contributed by atoms with Crippen molar-refractivity contribution in [3.8, 4) is 0 Å². The fourth-order valence-corrected chi connectivity index (χ4v) is 1.15. The maximum absolute atomic E-state index is 10.0. The Morgan fingerprint density at radius 1 is 1.44 bits per heavy atom. The first kappa shape index (κ1) is 13.8. The van der Waals surface area contributed by atoms with Gasteiger partial charge in [-0.05, 0) is 0 Å². The van der Waals surface area contributed by atoms with Crippen LogP contribution in [0.25, 0.3) is 0 Å². The molecule has 9 heavy (non-hydrogen) atoms. The minimum atomic E-state index is -0.747. The topological polar surface area (TPSA) is 37.3 Å².